The summed E-state index contributed by atoms with van der Waals surface area (Å²) >= 11 is 0. The van der Waals surface area contributed by atoms with Gasteiger partial charge in [0, 0.05) is 6.54 Å². The zero-order valence-corrected chi connectivity index (χ0v) is 11.9. The van der Waals surface area contributed by atoms with E-state index in [4.69, 9.17) is 9.84 Å². The Morgan fingerprint density at radius 3 is 2.53 bits per heavy atom. The van der Waals surface area contributed by atoms with E-state index in [-0.39, 0.29) is 18.6 Å². The number of ether oxygens (including phenoxy) is 1. The van der Waals surface area contributed by atoms with Crippen molar-refractivity contribution in [1.82, 2.24) is 5.32 Å². The molecule has 1 rings (SSSR count). The highest BCUT2D eigenvalue weighted by atomic mass is 16.5. The summed E-state index contributed by atoms with van der Waals surface area (Å²) in [5.74, 6) is 0.585. The molecule has 0 aromatic heterocycles. The van der Waals surface area contributed by atoms with Crippen LogP contribution in [-0.4, -0.2) is 30.3 Å². The molecule has 0 saturated carbocycles. The number of amides is 1. The fourth-order valence-corrected chi connectivity index (χ4v) is 1.84. The number of carbonyl (C=O) groups excluding carboxylic acids is 1. The molecule has 0 fully saturated rings. The van der Waals surface area contributed by atoms with Gasteiger partial charge >= 0.3 is 0 Å². The molecule has 1 unspecified atom stereocenters. The van der Waals surface area contributed by atoms with Crippen LogP contribution in [0.2, 0.25) is 0 Å². The van der Waals surface area contributed by atoms with Crippen LogP contribution in [0.25, 0.3) is 0 Å². The molecule has 1 atom stereocenters. The summed E-state index contributed by atoms with van der Waals surface area (Å²) in [6.07, 6.45) is 1.15. The van der Waals surface area contributed by atoms with E-state index >= 15 is 0 Å². The van der Waals surface area contributed by atoms with Crippen LogP contribution in [0.5, 0.6) is 5.75 Å². The number of hydrogen-bond donors (Lipinski definition) is 2. The predicted molar refractivity (Wildman–Crippen MR) is 75.3 cm³/mol. The van der Waals surface area contributed by atoms with Crippen molar-refractivity contribution in [3.8, 4) is 5.75 Å². The molecule has 1 aromatic carbocycles. The van der Waals surface area contributed by atoms with E-state index in [9.17, 15) is 4.79 Å². The lowest BCUT2D eigenvalue weighted by molar-refractivity contribution is -0.123. The molecule has 0 aliphatic carbocycles. The maximum Gasteiger partial charge on any atom is 0.257 e. The van der Waals surface area contributed by atoms with Gasteiger partial charge in [-0.25, -0.2) is 0 Å². The Bertz CT molecular complexity index is 396. The minimum atomic E-state index is -0.316. The lowest BCUT2D eigenvalue weighted by atomic mass is 10.1. The van der Waals surface area contributed by atoms with Gasteiger partial charge in [0.15, 0.2) is 6.61 Å². The van der Waals surface area contributed by atoms with Gasteiger partial charge in [-0.05, 0) is 56.9 Å². The largest absolute Gasteiger partial charge is 0.484 e. The van der Waals surface area contributed by atoms with Crippen molar-refractivity contribution in [1.29, 1.82) is 0 Å². The van der Waals surface area contributed by atoms with Gasteiger partial charge in [-0.15, -0.1) is 0 Å². The number of hydrogen-bond acceptors (Lipinski definition) is 3. The van der Waals surface area contributed by atoms with E-state index in [1.807, 2.05) is 26.0 Å². The minimum Gasteiger partial charge on any atom is -0.484 e. The van der Waals surface area contributed by atoms with Crippen molar-refractivity contribution >= 4 is 5.91 Å². The second-order valence-corrected chi connectivity index (χ2v) is 4.95. The molecule has 1 aromatic rings. The monoisotopic (exact) mass is 265 g/mol. The van der Waals surface area contributed by atoms with Crippen molar-refractivity contribution in [2.24, 2.45) is 0 Å². The molecule has 0 bridgehead atoms. The molecule has 0 radical (unpaired) electrons. The molecule has 0 aliphatic rings. The van der Waals surface area contributed by atoms with Gasteiger partial charge in [-0.1, -0.05) is 6.07 Å². The molecule has 0 spiro atoms. The maximum atomic E-state index is 11.5. The zero-order chi connectivity index (χ0) is 14.3. The Hall–Kier alpha value is -1.55. The number of carbonyl (C=O) groups is 1. The van der Waals surface area contributed by atoms with Crippen LogP contribution in [0.1, 0.15) is 30.9 Å². The van der Waals surface area contributed by atoms with Crippen LogP contribution in [0, 0.1) is 13.8 Å². The van der Waals surface area contributed by atoms with Crippen LogP contribution in [0.3, 0.4) is 0 Å². The molecular weight excluding hydrogens is 242 g/mol. The Morgan fingerprint density at radius 1 is 1.32 bits per heavy atom. The van der Waals surface area contributed by atoms with Crippen molar-refractivity contribution in [2.45, 2.75) is 39.7 Å². The summed E-state index contributed by atoms with van der Waals surface area (Å²) in [5.41, 5.74) is 2.24. The quantitative estimate of drug-likeness (QED) is 0.741. The Balaban J connectivity index is 2.26. The van der Waals surface area contributed by atoms with Crippen molar-refractivity contribution in [3.63, 3.8) is 0 Å². The molecule has 1 amide bonds. The van der Waals surface area contributed by atoms with Crippen molar-refractivity contribution < 1.29 is 14.6 Å². The zero-order valence-electron chi connectivity index (χ0n) is 11.9. The van der Waals surface area contributed by atoms with Crippen molar-refractivity contribution in [2.75, 3.05) is 13.2 Å². The first-order valence-corrected chi connectivity index (χ1v) is 6.63. The van der Waals surface area contributed by atoms with Crippen LogP contribution >= 0.6 is 0 Å². The number of aliphatic hydroxyl groups is 1. The van der Waals surface area contributed by atoms with E-state index in [2.05, 4.69) is 11.4 Å². The van der Waals surface area contributed by atoms with Crippen LogP contribution < -0.4 is 10.1 Å². The van der Waals surface area contributed by atoms with Crippen LogP contribution in [0.15, 0.2) is 18.2 Å². The first-order valence-electron chi connectivity index (χ1n) is 6.63. The molecule has 19 heavy (non-hydrogen) atoms. The van der Waals surface area contributed by atoms with Crippen LogP contribution in [-0.2, 0) is 4.79 Å². The van der Waals surface area contributed by atoms with Gasteiger partial charge in [-0.2, -0.15) is 0 Å². The third-order valence-electron chi connectivity index (χ3n) is 2.69. The smallest absolute Gasteiger partial charge is 0.257 e. The summed E-state index contributed by atoms with van der Waals surface area (Å²) in [5, 5.41) is 11.8. The number of rotatable bonds is 7. The SMILES string of the molecule is Cc1cc(C)cc(OCC(=O)NCCCC(C)O)c1. The maximum absolute atomic E-state index is 11.5. The minimum absolute atomic E-state index is 0.0254. The second kappa shape index (κ2) is 7.79. The number of benzene rings is 1. The van der Waals surface area contributed by atoms with Gasteiger partial charge < -0.3 is 15.2 Å². The molecule has 4 nitrogen and oxygen atoms in total. The number of aryl methyl sites for hydroxylation is 2. The van der Waals surface area contributed by atoms with Gasteiger partial charge in [0.1, 0.15) is 5.75 Å². The average molecular weight is 265 g/mol. The summed E-state index contributed by atoms with van der Waals surface area (Å²) < 4.78 is 5.45. The van der Waals surface area contributed by atoms with Crippen LogP contribution in [0.4, 0.5) is 0 Å². The predicted octanol–water partition coefficient (Wildman–Crippen LogP) is 1.96. The van der Waals surface area contributed by atoms with Gasteiger partial charge in [0.25, 0.3) is 5.91 Å². The van der Waals surface area contributed by atoms with E-state index in [0.717, 1.165) is 23.3 Å². The summed E-state index contributed by atoms with van der Waals surface area (Å²) in [6.45, 7) is 6.33. The standard InChI is InChI=1S/C15H23NO3/c1-11-7-12(2)9-14(8-11)19-10-15(18)16-6-4-5-13(3)17/h7-9,13,17H,4-6,10H2,1-3H3,(H,16,18). The Morgan fingerprint density at radius 2 is 1.95 bits per heavy atom. The molecule has 2 N–H and O–H groups in total. The van der Waals surface area contributed by atoms with Gasteiger partial charge in [-0.3, -0.25) is 4.79 Å². The normalized spacial score (nSPS) is 12.0. The lowest BCUT2D eigenvalue weighted by Crippen LogP contribution is -2.30. The fraction of sp³-hybridized carbons (Fsp3) is 0.533. The Labute approximate surface area is 114 Å². The number of aliphatic hydroxyl groups excluding tert-OH is 1. The lowest BCUT2D eigenvalue weighted by Gasteiger charge is -2.09. The molecular formula is C15H23NO3. The second-order valence-electron chi connectivity index (χ2n) is 4.95. The molecule has 0 saturated heterocycles. The first-order chi connectivity index (χ1) is 8.97. The Kier molecular flexibility index (Phi) is 6.36. The summed E-state index contributed by atoms with van der Waals surface area (Å²) in [7, 11) is 0. The fourth-order valence-electron chi connectivity index (χ4n) is 1.84. The topological polar surface area (TPSA) is 58.6 Å². The highest BCUT2D eigenvalue weighted by Crippen LogP contribution is 2.15. The molecule has 4 heteroatoms. The molecule has 0 heterocycles. The summed E-state index contributed by atoms with van der Waals surface area (Å²) in [4.78, 5) is 11.5. The van der Waals surface area contributed by atoms with E-state index in [0.29, 0.717) is 13.0 Å². The van der Waals surface area contributed by atoms with Gasteiger partial charge in [0.05, 0.1) is 6.10 Å². The van der Waals surface area contributed by atoms with E-state index in [1.165, 1.54) is 0 Å². The van der Waals surface area contributed by atoms with E-state index in [1.54, 1.807) is 6.92 Å². The molecule has 0 aliphatic heterocycles. The van der Waals surface area contributed by atoms with E-state index < -0.39 is 0 Å². The number of nitrogens with one attached hydrogen (secondary N) is 1. The third kappa shape index (κ3) is 6.82. The summed E-state index contributed by atoms with van der Waals surface area (Å²) in [6, 6.07) is 5.88. The average Bonchev–Trinajstić information content (AvgIpc) is 2.31. The highest BCUT2D eigenvalue weighted by molar-refractivity contribution is 5.77. The van der Waals surface area contributed by atoms with Crippen molar-refractivity contribution in [3.05, 3.63) is 29.3 Å². The highest BCUT2D eigenvalue weighted by Gasteiger charge is 2.03. The third-order valence-corrected chi connectivity index (χ3v) is 2.69. The van der Waals surface area contributed by atoms with Gasteiger partial charge in [0.2, 0.25) is 0 Å². The first kappa shape index (κ1) is 15.5. The molecule has 106 valence electrons.